The molecule has 0 spiro atoms. The van der Waals surface area contributed by atoms with Crippen LogP contribution in [0.5, 0.6) is 0 Å². The topological polar surface area (TPSA) is 61.4 Å². The monoisotopic (exact) mass is 254 g/mol. The van der Waals surface area contributed by atoms with Crippen molar-refractivity contribution in [3.8, 4) is 0 Å². The van der Waals surface area contributed by atoms with Crippen molar-refractivity contribution in [1.29, 1.82) is 0 Å². The molecule has 1 saturated carbocycles. The molecule has 0 aromatic heterocycles. The van der Waals surface area contributed by atoms with Gasteiger partial charge in [0, 0.05) is 19.2 Å². The molecule has 1 unspecified atom stereocenters. The predicted molar refractivity (Wildman–Crippen MR) is 71.2 cm³/mol. The Morgan fingerprint density at radius 3 is 2.67 bits per heavy atom. The number of rotatable bonds is 3. The van der Waals surface area contributed by atoms with Crippen molar-refractivity contribution in [2.75, 3.05) is 19.7 Å². The van der Waals surface area contributed by atoms with Gasteiger partial charge in [-0.2, -0.15) is 0 Å². The van der Waals surface area contributed by atoms with Crippen molar-refractivity contribution in [2.45, 2.75) is 51.5 Å². The molecule has 2 fully saturated rings. The smallest absolute Gasteiger partial charge is 0.227 e. The first-order valence-corrected chi connectivity index (χ1v) is 7.26. The first-order chi connectivity index (χ1) is 8.64. The van der Waals surface area contributed by atoms with Crippen LogP contribution in [0.25, 0.3) is 0 Å². The number of piperidine rings is 1. The molecule has 0 radical (unpaired) electrons. The number of hydrogen-bond acceptors (Lipinski definition) is 3. The van der Waals surface area contributed by atoms with E-state index in [1.807, 2.05) is 0 Å². The predicted octanol–water partition coefficient (Wildman–Crippen LogP) is 1.04. The standard InChI is InChI=1S/C14H26N2O2/c1-14(7-2-8-15-10-14)13(18)16-12-5-3-11(9-17)4-6-12/h11-12,15,17H,2-10H2,1H3,(H,16,18). The molecule has 2 aliphatic rings. The Kier molecular flexibility index (Phi) is 4.62. The number of aliphatic hydroxyl groups is 1. The number of hydrogen-bond donors (Lipinski definition) is 3. The van der Waals surface area contributed by atoms with Crippen molar-refractivity contribution < 1.29 is 9.90 Å². The maximum Gasteiger partial charge on any atom is 0.227 e. The zero-order valence-corrected chi connectivity index (χ0v) is 11.4. The molecule has 0 aromatic rings. The van der Waals surface area contributed by atoms with E-state index in [1.54, 1.807) is 0 Å². The van der Waals surface area contributed by atoms with Crippen LogP contribution < -0.4 is 10.6 Å². The number of carbonyl (C=O) groups is 1. The van der Waals surface area contributed by atoms with Crippen LogP contribution in [0.15, 0.2) is 0 Å². The van der Waals surface area contributed by atoms with Gasteiger partial charge >= 0.3 is 0 Å². The highest BCUT2D eigenvalue weighted by molar-refractivity contribution is 5.82. The van der Waals surface area contributed by atoms with Crippen LogP contribution in [0.3, 0.4) is 0 Å². The first-order valence-electron chi connectivity index (χ1n) is 7.26. The van der Waals surface area contributed by atoms with Crippen molar-refractivity contribution in [3.05, 3.63) is 0 Å². The van der Waals surface area contributed by atoms with Crippen LogP contribution in [0.1, 0.15) is 45.4 Å². The summed E-state index contributed by atoms with van der Waals surface area (Å²) in [7, 11) is 0. The number of carbonyl (C=O) groups excluding carboxylic acids is 1. The van der Waals surface area contributed by atoms with Gasteiger partial charge in [0.05, 0.1) is 5.41 Å². The minimum Gasteiger partial charge on any atom is -0.396 e. The van der Waals surface area contributed by atoms with E-state index in [2.05, 4.69) is 17.6 Å². The normalized spacial score (nSPS) is 37.2. The number of amides is 1. The molecule has 1 amide bonds. The minimum absolute atomic E-state index is 0.210. The van der Waals surface area contributed by atoms with Crippen LogP contribution in [0.2, 0.25) is 0 Å². The first kappa shape index (κ1) is 13.8. The fourth-order valence-corrected chi connectivity index (χ4v) is 3.10. The van der Waals surface area contributed by atoms with Gasteiger partial charge in [-0.15, -0.1) is 0 Å². The molecular formula is C14H26N2O2. The summed E-state index contributed by atoms with van der Waals surface area (Å²) in [5, 5.41) is 15.6. The summed E-state index contributed by atoms with van der Waals surface area (Å²) in [4.78, 5) is 12.3. The largest absolute Gasteiger partial charge is 0.396 e. The van der Waals surface area contributed by atoms with E-state index in [0.717, 1.165) is 51.6 Å². The maximum absolute atomic E-state index is 12.3. The molecule has 104 valence electrons. The van der Waals surface area contributed by atoms with E-state index in [0.29, 0.717) is 18.6 Å². The molecular weight excluding hydrogens is 228 g/mol. The number of aliphatic hydroxyl groups excluding tert-OH is 1. The van der Waals surface area contributed by atoms with Crippen molar-refractivity contribution in [1.82, 2.24) is 10.6 Å². The van der Waals surface area contributed by atoms with Gasteiger partial charge in [-0.25, -0.2) is 0 Å². The summed E-state index contributed by atoms with van der Waals surface area (Å²) < 4.78 is 0. The summed E-state index contributed by atoms with van der Waals surface area (Å²) in [5.74, 6) is 0.659. The molecule has 3 N–H and O–H groups in total. The highest BCUT2D eigenvalue weighted by Crippen LogP contribution is 2.28. The summed E-state index contributed by atoms with van der Waals surface area (Å²) in [6, 6.07) is 0.319. The third-order valence-corrected chi connectivity index (χ3v) is 4.59. The molecule has 1 aliphatic carbocycles. The lowest BCUT2D eigenvalue weighted by Crippen LogP contribution is -2.51. The summed E-state index contributed by atoms with van der Waals surface area (Å²) in [6.07, 6.45) is 6.17. The van der Waals surface area contributed by atoms with Gasteiger partial charge in [0.2, 0.25) is 5.91 Å². The summed E-state index contributed by atoms with van der Waals surface area (Å²) in [6.45, 7) is 4.19. The molecule has 1 heterocycles. The molecule has 0 bridgehead atoms. The van der Waals surface area contributed by atoms with Gasteiger partial charge in [-0.3, -0.25) is 4.79 Å². The quantitative estimate of drug-likeness (QED) is 0.705. The third-order valence-electron chi connectivity index (χ3n) is 4.59. The second-order valence-corrected chi connectivity index (χ2v) is 6.21. The lowest BCUT2D eigenvalue weighted by Gasteiger charge is -2.36. The van der Waals surface area contributed by atoms with Crippen LogP contribution in [0.4, 0.5) is 0 Å². The van der Waals surface area contributed by atoms with Gasteiger partial charge < -0.3 is 15.7 Å². The Labute approximate surface area is 110 Å². The molecule has 4 nitrogen and oxygen atoms in total. The van der Waals surface area contributed by atoms with E-state index in [1.165, 1.54) is 0 Å². The average Bonchev–Trinajstić information content (AvgIpc) is 2.40. The highest BCUT2D eigenvalue weighted by Gasteiger charge is 2.36. The molecule has 1 saturated heterocycles. The Bertz CT molecular complexity index is 280. The third kappa shape index (κ3) is 3.23. The lowest BCUT2D eigenvalue weighted by atomic mass is 9.80. The van der Waals surface area contributed by atoms with E-state index in [4.69, 9.17) is 5.11 Å². The van der Waals surface area contributed by atoms with Gasteiger partial charge in [-0.1, -0.05) is 0 Å². The summed E-state index contributed by atoms with van der Waals surface area (Å²) in [5.41, 5.74) is -0.230. The molecule has 2 rings (SSSR count). The van der Waals surface area contributed by atoms with Crippen molar-refractivity contribution in [3.63, 3.8) is 0 Å². The fraction of sp³-hybridized carbons (Fsp3) is 0.929. The average molecular weight is 254 g/mol. The minimum atomic E-state index is -0.230. The zero-order valence-electron chi connectivity index (χ0n) is 11.4. The van der Waals surface area contributed by atoms with Gasteiger partial charge in [0.1, 0.15) is 0 Å². The van der Waals surface area contributed by atoms with E-state index in [-0.39, 0.29) is 11.3 Å². The molecule has 1 aliphatic heterocycles. The second-order valence-electron chi connectivity index (χ2n) is 6.21. The summed E-state index contributed by atoms with van der Waals surface area (Å²) >= 11 is 0. The lowest BCUT2D eigenvalue weighted by molar-refractivity contribution is -0.132. The van der Waals surface area contributed by atoms with Gasteiger partial charge in [0.15, 0.2) is 0 Å². The Hall–Kier alpha value is -0.610. The zero-order chi connectivity index (χ0) is 13.0. The molecule has 18 heavy (non-hydrogen) atoms. The van der Waals surface area contributed by atoms with Crippen LogP contribution in [0, 0.1) is 11.3 Å². The maximum atomic E-state index is 12.3. The SMILES string of the molecule is CC1(C(=O)NC2CCC(CO)CC2)CCCNC1. The van der Waals surface area contributed by atoms with E-state index < -0.39 is 0 Å². The van der Waals surface area contributed by atoms with Crippen LogP contribution >= 0.6 is 0 Å². The van der Waals surface area contributed by atoms with Crippen LogP contribution in [-0.4, -0.2) is 36.8 Å². The van der Waals surface area contributed by atoms with E-state index >= 15 is 0 Å². The fourth-order valence-electron chi connectivity index (χ4n) is 3.10. The molecule has 1 atom stereocenters. The second kappa shape index (κ2) is 6.02. The Morgan fingerprint density at radius 2 is 2.11 bits per heavy atom. The van der Waals surface area contributed by atoms with Crippen molar-refractivity contribution >= 4 is 5.91 Å². The highest BCUT2D eigenvalue weighted by atomic mass is 16.3. The van der Waals surface area contributed by atoms with Crippen molar-refractivity contribution in [2.24, 2.45) is 11.3 Å². The number of nitrogens with one attached hydrogen (secondary N) is 2. The van der Waals surface area contributed by atoms with Gasteiger partial charge in [0.25, 0.3) is 0 Å². The Balaban J connectivity index is 1.80. The van der Waals surface area contributed by atoms with Gasteiger partial charge in [-0.05, 0) is 57.9 Å². The van der Waals surface area contributed by atoms with Crippen LogP contribution in [-0.2, 0) is 4.79 Å². The molecule has 4 heteroatoms. The van der Waals surface area contributed by atoms with E-state index in [9.17, 15) is 4.79 Å². The molecule has 0 aromatic carbocycles. The Morgan fingerprint density at radius 1 is 1.39 bits per heavy atom.